The Balaban J connectivity index is 1.09. The lowest BCUT2D eigenvalue weighted by Crippen LogP contribution is -2.49. The summed E-state index contributed by atoms with van der Waals surface area (Å²) in [5, 5.41) is 12.5. The summed E-state index contributed by atoms with van der Waals surface area (Å²) in [6.45, 7) is 4.18. The molecular weight excluding hydrogens is 560 g/mol. The minimum absolute atomic E-state index is 0.0385. The Bertz CT molecular complexity index is 1570. The molecule has 0 saturated heterocycles. The summed E-state index contributed by atoms with van der Waals surface area (Å²) >= 11 is 0. The van der Waals surface area contributed by atoms with E-state index >= 15 is 0 Å². The monoisotopic (exact) mass is 596 g/mol. The highest BCUT2D eigenvalue weighted by atomic mass is 32.2. The first-order valence-electron chi connectivity index (χ1n) is 14.1. The lowest BCUT2D eigenvalue weighted by molar-refractivity contribution is -0.139. The molecule has 0 spiro atoms. The lowest BCUT2D eigenvalue weighted by atomic mass is 9.70. The number of imidazole rings is 1. The number of anilines is 1. The second-order valence-electron chi connectivity index (χ2n) is 11.9. The Kier molecular flexibility index (Phi) is 8.13. The zero-order chi connectivity index (χ0) is 30.1. The first kappa shape index (κ1) is 29.7. The van der Waals surface area contributed by atoms with Crippen LogP contribution in [0.15, 0.2) is 48.5 Å². The molecule has 3 aromatic rings. The average molecular weight is 597 g/mol. The van der Waals surface area contributed by atoms with Gasteiger partial charge in [-0.1, -0.05) is 38.1 Å². The number of carboxylic acids is 1. The highest BCUT2D eigenvalue weighted by Gasteiger charge is 2.65. The van der Waals surface area contributed by atoms with Crippen LogP contribution in [0.3, 0.4) is 0 Å². The van der Waals surface area contributed by atoms with E-state index in [4.69, 9.17) is 4.74 Å². The van der Waals surface area contributed by atoms with Crippen LogP contribution < -0.4 is 14.8 Å². The second kappa shape index (κ2) is 11.5. The first-order chi connectivity index (χ1) is 19.9. The standard InChI is InChI=1S/C30H36N4O7S/c1-29(2)20-13-14-30(29,25(35)17-20)18-42(39,40)34-24(27(37)38)16-19-9-11-21(12-10-19)41-15-5-8-26(36)33-28-31-22-6-3-4-7-23(22)32-28/h3-4,6-7,9-12,20,24,34H,5,8,13-18H2,1-2H3,(H,37,38)(H2,31,32,33,36)/t20?,24-,30?/m0/s1. The summed E-state index contributed by atoms with van der Waals surface area (Å²) in [6.07, 6.45) is 2.34. The lowest BCUT2D eigenvalue weighted by Gasteiger charge is -2.36. The van der Waals surface area contributed by atoms with Gasteiger partial charge in [-0.05, 0) is 66.8 Å². The Morgan fingerprint density at radius 3 is 2.55 bits per heavy atom. The number of carboxylic acid groups (broad SMARTS) is 1. The van der Waals surface area contributed by atoms with Gasteiger partial charge in [0.15, 0.2) is 0 Å². The van der Waals surface area contributed by atoms with Crippen LogP contribution >= 0.6 is 0 Å². The number of sulfonamides is 1. The molecular formula is C30H36N4O7S. The number of Topliss-reactive ketones (excluding diaryl/α,β-unsaturated/α-hetero) is 1. The number of hydrogen-bond donors (Lipinski definition) is 4. The summed E-state index contributed by atoms with van der Waals surface area (Å²) in [6, 6.07) is 12.8. The van der Waals surface area contributed by atoms with Crippen LogP contribution in [0.2, 0.25) is 0 Å². The molecule has 224 valence electrons. The van der Waals surface area contributed by atoms with Gasteiger partial charge in [0.05, 0.1) is 23.4 Å². The van der Waals surface area contributed by atoms with Crippen molar-refractivity contribution in [3.8, 4) is 5.75 Å². The molecule has 42 heavy (non-hydrogen) atoms. The molecule has 2 aromatic carbocycles. The maximum absolute atomic E-state index is 13.1. The molecule has 0 aliphatic heterocycles. The van der Waals surface area contributed by atoms with E-state index in [0.29, 0.717) is 43.1 Å². The van der Waals surface area contributed by atoms with Crippen molar-refractivity contribution in [1.29, 1.82) is 0 Å². The number of benzene rings is 2. The largest absolute Gasteiger partial charge is 0.494 e. The number of hydrogen-bond acceptors (Lipinski definition) is 7. The molecule has 2 bridgehead atoms. The number of H-pyrrole nitrogens is 1. The van der Waals surface area contributed by atoms with E-state index in [0.717, 1.165) is 17.5 Å². The molecule has 1 heterocycles. The fourth-order valence-corrected chi connectivity index (χ4v) is 8.48. The molecule has 3 atom stereocenters. The van der Waals surface area contributed by atoms with Gasteiger partial charge >= 0.3 is 5.97 Å². The third kappa shape index (κ3) is 6.05. The summed E-state index contributed by atoms with van der Waals surface area (Å²) in [7, 11) is -4.05. The number of amides is 1. The topological polar surface area (TPSA) is 168 Å². The maximum Gasteiger partial charge on any atom is 0.322 e. The van der Waals surface area contributed by atoms with E-state index in [1.165, 1.54) is 0 Å². The fourth-order valence-electron chi connectivity index (χ4n) is 6.46. The molecule has 0 radical (unpaired) electrons. The molecule has 12 heteroatoms. The number of rotatable bonds is 13. The third-order valence-electron chi connectivity index (χ3n) is 9.02. The third-order valence-corrected chi connectivity index (χ3v) is 10.5. The van der Waals surface area contributed by atoms with Gasteiger partial charge in [0, 0.05) is 18.3 Å². The molecule has 2 aliphatic rings. The number of carbonyl (C=O) groups excluding carboxylic acids is 2. The number of para-hydroxylation sites is 2. The van der Waals surface area contributed by atoms with E-state index in [9.17, 15) is 27.9 Å². The van der Waals surface area contributed by atoms with Crippen molar-refractivity contribution in [2.24, 2.45) is 16.7 Å². The number of aromatic nitrogens is 2. The van der Waals surface area contributed by atoms with Gasteiger partial charge in [-0.15, -0.1) is 0 Å². The van der Waals surface area contributed by atoms with E-state index in [-0.39, 0.29) is 30.4 Å². The number of fused-ring (bicyclic) bond motifs is 3. The van der Waals surface area contributed by atoms with Gasteiger partial charge in [0.25, 0.3) is 0 Å². The molecule has 1 amide bonds. The minimum Gasteiger partial charge on any atom is -0.494 e. The minimum atomic E-state index is -4.05. The number of aliphatic carboxylic acids is 1. The maximum atomic E-state index is 13.1. The fraction of sp³-hybridized carbons (Fsp3) is 0.467. The van der Waals surface area contributed by atoms with Crippen molar-refractivity contribution in [1.82, 2.24) is 14.7 Å². The van der Waals surface area contributed by atoms with Crippen molar-refractivity contribution in [3.05, 3.63) is 54.1 Å². The van der Waals surface area contributed by atoms with Crippen LogP contribution in [0.4, 0.5) is 5.95 Å². The van der Waals surface area contributed by atoms with Crippen LogP contribution in [-0.2, 0) is 30.8 Å². The molecule has 2 fully saturated rings. The first-order valence-corrected chi connectivity index (χ1v) is 15.8. The number of nitrogens with zero attached hydrogens (tertiary/aromatic N) is 1. The smallest absolute Gasteiger partial charge is 0.322 e. The van der Waals surface area contributed by atoms with Crippen molar-refractivity contribution < 1.29 is 32.6 Å². The van der Waals surface area contributed by atoms with Crippen LogP contribution in [0.5, 0.6) is 5.75 Å². The van der Waals surface area contributed by atoms with Gasteiger partial charge in [-0.2, -0.15) is 0 Å². The normalized spacial score (nSPS) is 21.9. The second-order valence-corrected chi connectivity index (χ2v) is 13.6. The predicted octanol–water partition coefficient (Wildman–Crippen LogP) is 3.67. The van der Waals surface area contributed by atoms with Crippen LogP contribution in [0, 0.1) is 16.7 Å². The van der Waals surface area contributed by atoms with Crippen molar-refractivity contribution in [3.63, 3.8) is 0 Å². The van der Waals surface area contributed by atoms with Gasteiger partial charge in [-0.25, -0.2) is 18.1 Å². The van der Waals surface area contributed by atoms with E-state index in [2.05, 4.69) is 20.0 Å². The molecule has 2 saturated carbocycles. The van der Waals surface area contributed by atoms with Crippen molar-refractivity contribution in [2.75, 3.05) is 17.7 Å². The molecule has 11 nitrogen and oxygen atoms in total. The van der Waals surface area contributed by atoms with E-state index < -0.39 is 38.6 Å². The Hall–Kier alpha value is -3.77. The average Bonchev–Trinajstić information content (AvgIpc) is 3.50. The van der Waals surface area contributed by atoms with E-state index in [1.54, 1.807) is 24.3 Å². The van der Waals surface area contributed by atoms with Crippen LogP contribution in [0.1, 0.15) is 51.5 Å². The van der Waals surface area contributed by atoms with Gasteiger partial charge in [0.2, 0.25) is 21.9 Å². The van der Waals surface area contributed by atoms with Crippen molar-refractivity contribution >= 4 is 44.7 Å². The van der Waals surface area contributed by atoms with Gasteiger partial charge < -0.3 is 14.8 Å². The number of aromatic amines is 1. The summed E-state index contributed by atoms with van der Waals surface area (Å²) in [4.78, 5) is 44.4. The zero-order valence-electron chi connectivity index (χ0n) is 23.7. The SMILES string of the molecule is CC1(C)C2CCC1(CS(=O)(=O)N[C@@H](Cc1ccc(OCCCC(=O)Nc3nc4ccccc4[nH]3)cc1)C(=O)O)C(=O)C2. The highest BCUT2D eigenvalue weighted by Crippen LogP contribution is 2.64. The van der Waals surface area contributed by atoms with Gasteiger partial charge in [-0.3, -0.25) is 19.7 Å². The quantitative estimate of drug-likeness (QED) is 0.217. The molecule has 5 rings (SSSR count). The zero-order valence-corrected chi connectivity index (χ0v) is 24.5. The van der Waals surface area contributed by atoms with E-state index in [1.807, 2.05) is 38.1 Å². The molecule has 1 aromatic heterocycles. The Labute approximate surface area is 244 Å². The van der Waals surface area contributed by atoms with Crippen LogP contribution in [0.25, 0.3) is 11.0 Å². The van der Waals surface area contributed by atoms with Crippen LogP contribution in [-0.4, -0.2) is 59.6 Å². The summed E-state index contributed by atoms with van der Waals surface area (Å²) in [5.74, 6) is -0.820. The number of ether oxygens (including phenoxy) is 1. The predicted molar refractivity (Wildman–Crippen MR) is 157 cm³/mol. The summed E-state index contributed by atoms with van der Waals surface area (Å²) < 4.78 is 34.3. The Morgan fingerprint density at radius 2 is 1.90 bits per heavy atom. The number of carbonyl (C=O) groups is 3. The van der Waals surface area contributed by atoms with Crippen molar-refractivity contribution in [2.45, 2.75) is 58.4 Å². The number of nitrogens with one attached hydrogen (secondary N) is 3. The summed E-state index contributed by atoms with van der Waals surface area (Å²) in [5.41, 5.74) is 0.801. The highest BCUT2D eigenvalue weighted by molar-refractivity contribution is 7.89. The molecule has 2 unspecified atom stereocenters. The molecule has 4 N–H and O–H groups in total. The number of ketones is 1. The van der Waals surface area contributed by atoms with Gasteiger partial charge in [0.1, 0.15) is 17.6 Å². The Morgan fingerprint density at radius 1 is 1.17 bits per heavy atom. The molecule has 2 aliphatic carbocycles.